The molecule has 1 atom stereocenters. The molecule has 0 radical (unpaired) electrons. The highest BCUT2D eigenvalue weighted by Gasteiger charge is 2.46. The van der Waals surface area contributed by atoms with Crippen LogP contribution >= 0.6 is 11.3 Å². The normalized spacial score (nSPS) is 18.6. The number of amides is 1. The smallest absolute Gasteiger partial charge is 0.295 e. The molecule has 0 aliphatic carbocycles. The van der Waals surface area contributed by atoms with E-state index in [0.717, 1.165) is 10.9 Å². The van der Waals surface area contributed by atoms with Crippen molar-refractivity contribution in [3.63, 3.8) is 0 Å². The number of aliphatic hydroxyl groups is 1. The molecule has 1 aromatic heterocycles. The summed E-state index contributed by atoms with van der Waals surface area (Å²) >= 11 is 1.39. The number of ketones is 1. The number of halogens is 1. The predicted molar refractivity (Wildman–Crippen MR) is 114 cm³/mol. The third-order valence-corrected chi connectivity index (χ3v) is 5.63. The van der Waals surface area contributed by atoms with Gasteiger partial charge in [-0.1, -0.05) is 6.07 Å². The number of hydrogen-bond donors (Lipinski definition) is 1. The Morgan fingerprint density at radius 1 is 1.30 bits per heavy atom. The molecule has 0 saturated carbocycles. The number of hydrogen-bond acceptors (Lipinski definition) is 6. The van der Waals surface area contributed by atoms with Gasteiger partial charge in [0.1, 0.15) is 5.76 Å². The molecule has 1 amide bonds. The van der Waals surface area contributed by atoms with E-state index in [0.29, 0.717) is 13.1 Å². The number of Topliss-reactive ketones (excluding diaryl/α,β-unsaturated/α-hetero) is 1. The standard InChI is InChI=1S/C22H25FN2O4S/c1-13(2)29-16-8-7-14(12-15(16)23)20(26)18-19(17-6-5-11-30-17)25(10-9-24(3)4)22(28)21(18)27/h5-8,11-13,19,26H,9-10H2,1-4H3/t19-/m1/s1. The number of carbonyl (C=O) groups excluding carboxylic acids is 2. The van der Waals surface area contributed by atoms with Gasteiger partial charge in [0.05, 0.1) is 17.7 Å². The van der Waals surface area contributed by atoms with E-state index in [2.05, 4.69) is 0 Å². The Morgan fingerprint density at radius 2 is 2.03 bits per heavy atom. The summed E-state index contributed by atoms with van der Waals surface area (Å²) in [5.74, 6) is -2.43. The Labute approximate surface area is 179 Å². The number of benzene rings is 1. The summed E-state index contributed by atoms with van der Waals surface area (Å²) in [4.78, 5) is 29.7. The highest BCUT2D eigenvalue weighted by Crippen LogP contribution is 2.41. The Bertz CT molecular complexity index is 970. The lowest BCUT2D eigenvalue weighted by molar-refractivity contribution is -0.140. The number of ether oxygens (including phenoxy) is 1. The first-order valence-electron chi connectivity index (χ1n) is 9.63. The van der Waals surface area contributed by atoms with Crippen molar-refractivity contribution in [2.45, 2.75) is 26.0 Å². The lowest BCUT2D eigenvalue weighted by atomic mass is 9.99. The fourth-order valence-electron chi connectivity index (χ4n) is 3.31. The number of likely N-dealkylation sites (tertiary alicyclic amines) is 1. The van der Waals surface area contributed by atoms with Crippen LogP contribution in [0.5, 0.6) is 5.75 Å². The number of thiophene rings is 1. The van der Waals surface area contributed by atoms with Crippen LogP contribution in [0.25, 0.3) is 5.76 Å². The van der Waals surface area contributed by atoms with E-state index in [9.17, 15) is 19.1 Å². The van der Waals surface area contributed by atoms with E-state index in [1.165, 1.54) is 28.4 Å². The molecule has 30 heavy (non-hydrogen) atoms. The molecule has 8 heteroatoms. The Balaban J connectivity index is 2.06. The van der Waals surface area contributed by atoms with Crippen molar-refractivity contribution in [2.75, 3.05) is 27.2 Å². The van der Waals surface area contributed by atoms with Gasteiger partial charge in [-0.15, -0.1) is 11.3 Å². The minimum absolute atomic E-state index is 0.0295. The van der Waals surface area contributed by atoms with Gasteiger partial charge in [-0.05, 0) is 57.6 Å². The minimum Gasteiger partial charge on any atom is -0.507 e. The molecule has 2 heterocycles. The monoisotopic (exact) mass is 432 g/mol. The van der Waals surface area contributed by atoms with Crippen molar-refractivity contribution in [2.24, 2.45) is 0 Å². The third kappa shape index (κ3) is 4.39. The van der Waals surface area contributed by atoms with Crippen LogP contribution in [0.4, 0.5) is 4.39 Å². The van der Waals surface area contributed by atoms with Gasteiger partial charge in [-0.3, -0.25) is 9.59 Å². The van der Waals surface area contributed by atoms with Crippen LogP contribution in [0.3, 0.4) is 0 Å². The van der Waals surface area contributed by atoms with E-state index in [-0.39, 0.29) is 23.0 Å². The van der Waals surface area contributed by atoms with Gasteiger partial charge in [-0.25, -0.2) is 4.39 Å². The molecular weight excluding hydrogens is 407 g/mol. The summed E-state index contributed by atoms with van der Waals surface area (Å²) in [7, 11) is 3.75. The summed E-state index contributed by atoms with van der Waals surface area (Å²) in [5.41, 5.74) is 0.0916. The Morgan fingerprint density at radius 3 is 2.60 bits per heavy atom. The third-order valence-electron chi connectivity index (χ3n) is 4.71. The maximum absolute atomic E-state index is 14.5. The summed E-state index contributed by atoms with van der Waals surface area (Å²) in [6.07, 6.45) is -0.209. The second-order valence-corrected chi connectivity index (χ2v) is 8.60. The first-order valence-corrected chi connectivity index (χ1v) is 10.5. The van der Waals surface area contributed by atoms with Gasteiger partial charge in [0.15, 0.2) is 11.6 Å². The zero-order chi connectivity index (χ0) is 22.0. The molecule has 1 N–H and O–H groups in total. The Kier molecular flexibility index (Phi) is 6.58. The molecule has 0 spiro atoms. The zero-order valence-corrected chi connectivity index (χ0v) is 18.2. The highest BCUT2D eigenvalue weighted by molar-refractivity contribution is 7.10. The maximum Gasteiger partial charge on any atom is 0.295 e. The van der Waals surface area contributed by atoms with Crippen LogP contribution in [0.1, 0.15) is 30.3 Å². The van der Waals surface area contributed by atoms with Crippen molar-refractivity contribution in [3.05, 3.63) is 57.5 Å². The average molecular weight is 433 g/mol. The highest BCUT2D eigenvalue weighted by atomic mass is 32.1. The molecule has 0 unspecified atom stereocenters. The molecule has 1 aromatic carbocycles. The number of likely N-dealkylation sites (N-methyl/N-ethyl adjacent to an activating group) is 1. The van der Waals surface area contributed by atoms with Crippen LogP contribution in [0.15, 0.2) is 41.3 Å². The lowest BCUT2D eigenvalue weighted by Crippen LogP contribution is -2.35. The molecule has 0 bridgehead atoms. The molecule has 6 nitrogen and oxygen atoms in total. The molecular formula is C22H25FN2O4S. The fourth-order valence-corrected chi connectivity index (χ4v) is 4.16. The quantitative estimate of drug-likeness (QED) is 0.411. The van der Waals surface area contributed by atoms with Crippen molar-refractivity contribution in [3.8, 4) is 5.75 Å². The van der Waals surface area contributed by atoms with E-state index in [1.807, 2.05) is 36.5 Å². The molecule has 1 aliphatic rings. The first-order chi connectivity index (χ1) is 14.2. The molecule has 1 fully saturated rings. The molecule has 160 valence electrons. The van der Waals surface area contributed by atoms with Gasteiger partial charge in [0, 0.05) is 23.5 Å². The summed E-state index contributed by atoms with van der Waals surface area (Å²) in [6, 6.07) is 6.94. The SMILES string of the molecule is CC(C)Oc1ccc(C(O)=C2C(=O)C(=O)N(CCN(C)C)[C@@H]2c2cccs2)cc1F. The van der Waals surface area contributed by atoms with Crippen molar-refractivity contribution < 1.29 is 23.8 Å². The molecule has 2 aromatic rings. The molecule has 1 saturated heterocycles. The van der Waals surface area contributed by atoms with Gasteiger partial charge in [0.2, 0.25) is 0 Å². The number of rotatable bonds is 7. The van der Waals surface area contributed by atoms with Crippen molar-refractivity contribution >= 4 is 28.8 Å². The average Bonchev–Trinajstić information content (AvgIpc) is 3.28. The van der Waals surface area contributed by atoms with Crippen molar-refractivity contribution in [1.29, 1.82) is 0 Å². The largest absolute Gasteiger partial charge is 0.507 e. The van der Waals surface area contributed by atoms with Crippen molar-refractivity contribution in [1.82, 2.24) is 9.80 Å². The van der Waals surface area contributed by atoms with E-state index in [1.54, 1.807) is 13.8 Å². The van der Waals surface area contributed by atoms with Gasteiger partial charge < -0.3 is 19.6 Å². The Hall–Kier alpha value is -2.71. The van der Waals surface area contributed by atoms with Crippen LogP contribution in [-0.4, -0.2) is 59.9 Å². The fraction of sp³-hybridized carbons (Fsp3) is 0.364. The van der Waals surface area contributed by atoms with Crippen LogP contribution in [0, 0.1) is 5.82 Å². The number of aliphatic hydroxyl groups excluding tert-OH is 1. The summed E-state index contributed by atoms with van der Waals surface area (Å²) < 4.78 is 19.9. The topological polar surface area (TPSA) is 70.1 Å². The maximum atomic E-state index is 14.5. The lowest BCUT2D eigenvalue weighted by Gasteiger charge is -2.25. The van der Waals surface area contributed by atoms with Gasteiger partial charge in [-0.2, -0.15) is 0 Å². The molecule has 3 rings (SSSR count). The van der Waals surface area contributed by atoms with E-state index >= 15 is 0 Å². The van der Waals surface area contributed by atoms with Gasteiger partial charge >= 0.3 is 0 Å². The number of nitrogens with zero attached hydrogens (tertiary/aromatic N) is 2. The van der Waals surface area contributed by atoms with E-state index < -0.39 is 29.3 Å². The predicted octanol–water partition coefficient (Wildman–Crippen LogP) is 3.66. The first kappa shape index (κ1) is 22.0. The molecule has 1 aliphatic heterocycles. The summed E-state index contributed by atoms with van der Waals surface area (Å²) in [5, 5.41) is 12.8. The van der Waals surface area contributed by atoms with Crippen LogP contribution < -0.4 is 4.74 Å². The van der Waals surface area contributed by atoms with E-state index in [4.69, 9.17) is 4.74 Å². The van der Waals surface area contributed by atoms with Crippen LogP contribution in [0.2, 0.25) is 0 Å². The second kappa shape index (κ2) is 8.97. The second-order valence-electron chi connectivity index (χ2n) is 7.62. The van der Waals surface area contributed by atoms with Gasteiger partial charge in [0.25, 0.3) is 11.7 Å². The number of carbonyl (C=O) groups is 2. The minimum atomic E-state index is -0.771. The zero-order valence-electron chi connectivity index (χ0n) is 17.4. The summed E-state index contributed by atoms with van der Waals surface area (Å²) in [6.45, 7) is 4.45. The van der Waals surface area contributed by atoms with Crippen LogP contribution in [-0.2, 0) is 9.59 Å².